The van der Waals surface area contributed by atoms with Crippen LogP contribution in [0.1, 0.15) is 43.9 Å². The number of hydrogen-bond acceptors (Lipinski definition) is 3. The summed E-state index contributed by atoms with van der Waals surface area (Å²) in [6.07, 6.45) is 3.56. The molecule has 82 valence electrons. The maximum atomic E-state index is 10.8. The summed E-state index contributed by atoms with van der Waals surface area (Å²) in [5, 5.41) is 12.8. The summed E-state index contributed by atoms with van der Waals surface area (Å²) in [5.41, 5.74) is 2.05. The fraction of sp³-hybridized carbons (Fsp3) is 0.636. The molecule has 0 aromatic carbocycles. The molecule has 1 aromatic heterocycles. The Kier molecular flexibility index (Phi) is 2.29. The molecule has 0 saturated heterocycles. The van der Waals surface area contributed by atoms with Gasteiger partial charge in [0, 0.05) is 11.5 Å². The van der Waals surface area contributed by atoms with Crippen molar-refractivity contribution in [3.8, 4) is 0 Å². The number of carboxylic acid groups (broad SMARTS) is 1. The quantitative estimate of drug-likeness (QED) is 0.811. The SMILES string of the molecule is CC1(C)Cc2conc2C(CC(=O)O)C1. The van der Waals surface area contributed by atoms with Gasteiger partial charge in [0.1, 0.15) is 6.26 Å². The van der Waals surface area contributed by atoms with Crippen LogP contribution in [0.2, 0.25) is 0 Å². The van der Waals surface area contributed by atoms with Gasteiger partial charge in [0.25, 0.3) is 0 Å². The van der Waals surface area contributed by atoms with E-state index in [-0.39, 0.29) is 17.8 Å². The van der Waals surface area contributed by atoms with E-state index in [0.29, 0.717) is 0 Å². The third-order valence-electron chi connectivity index (χ3n) is 2.95. The molecule has 1 N–H and O–H groups in total. The summed E-state index contributed by atoms with van der Waals surface area (Å²) >= 11 is 0. The molecule has 0 spiro atoms. The lowest BCUT2D eigenvalue weighted by Gasteiger charge is -2.33. The number of nitrogens with zero attached hydrogens (tertiary/aromatic N) is 1. The Morgan fingerprint density at radius 1 is 1.73 bits per heavy atom. The number of carboxylic acids is 1. The van der Waals surface area contributed by atoms with Crippen molar-refractivity contribution in [3.63, 3.8) is 0 Å². The fourth-order valence-electron chi connectivity index (χ4n) is 2.47. The average Bonchev–Trinajstić information content (AvgIpc) is 2.48. The van der Waals surface area contributed by atoms with E-state index in [1.807, 2.05) is 0 Å². The van der Waals surface area contributed by atoms with Gasteiger partial charge in [0.05, 0.1) is 12.1 Å². The Hall–Kier alpha value is -1.32. The topological polar surface area (TPSA) is 63.3 Å². The predicted octanol–water partition coefficient (Wildman–Crippen LogP) is 2.21. The van der Waals surface area contributed by atoms with Gasteiger partial charge in [0.15, 0.2) is 0 Å². The van der Waals surface area contributed by atoms with E-state index in [1.54, 1.807) is 6.26 Å². The molecule has 1 heterocycles. The fourth-order valence-corrected chi connectivity index (χ4v) is 2.47. The Labute approximate surface area is 88.3 Å². The molecule has 1 aliphatic rings. The minimum absolute atomic E-state index is 0.000000000000000444. The minimum Gasteiger partial charge on any atom is -0.481 e. The number of carbonyl (C=O) groups is 1. The summed E-state index contributed by atoms with van der Waals surface area (Å²) in [5.74, 6) is -0.772. The zero-order valence-corrected chi connectivity index (χ0v) is 8.99. The molecule has 1 unspecified atom stereocenters. The molecule has 2 rings (SSSR count). The summed E-state index contributed by atoms with van der Waals surface area (Å²) < 4.78 is 4.93. The molecule has 0 amide bonds. The van der Waals surface area contributed by atoms with Crippen LogP contribution in [-0.2, 0) is 11.2 Å². The smallest absolute Gasteiger partial charge is 0.304 e. The Morgan fingerprint density at radius 2 is 2.47 bits per heavy atom. The van der Waals surface area contributed by atoms with E-state index in [9.17, 15) is 4.79 Å². The van der Waals surface area contributed by atoms with E-state index >= 15 is 0 Å². The third-order valence-corrected chi connectivity index (χ3v) is 2.95. The van der Waals surface area contributed by atoms with Crippen molar-refractivity contribution in [1.29, 1.82) is 0 Å². The lowest BCUT2D eigenvalue weighted by Crippen LogP contribution is -2.26. The molecule has 0 bridgehead atoms. The van der Waals surface area contributed by atoms with Crippen molar-refractivity contribution in [2.24, 2.45) is 5.41 Å². The van der Waals surface area contributed by atoms with Crippen LogP contribution in [0, 0.1) is 5.41 Å². The zero-order chi connectivity index (χ0) is 11.1. The first-order chi connectivity index (χ1) is 6.98. The van der Waals surface area contributed by atoms with Gasteiger partial charge in [-0.1, -0.05) is 19.0 Å². The lowest BCUT2D eigenvalue weighted by atomic mass is 9.71. The highest BCUT2D eigenvalue weighted by Crippen LogP contribution is 2.42. The average molecular weight is 209 g/mol. The molecule has 1 aliphatic carbocycles. The van der Waals surface area contributed by atoms with E-state index in [2.05, 4.69) is 19.0 Å². The largest absolute Gasteiger partial charge is 0.481 e. The molecule has 1 aromatic rings. The first kappa shape index (κ1) is 10.2. The lowest BCUT2D eigenvalue weighted by molar-refractivity contribution is -0.137. The minimum atomic E-state index is -0.772. The number of aromatic nitrogens is 1. The number of fused-ring (bicyclic) bond motifs is 1. The molecule has 0 radical (unpaired) electrons. The van der Waals surface area contributed by atoms with Gasteiger partial charge >= 0.3 is 5.97 Å². The van der Waals surface area contributed by atoms with Gasteiger partial charge in [-0.3, -0.25) is 4.79 Å². The van der Waals surface area contributed by atoms with Crippen LogP contribution < -0.4 is 0 Å². The highest BCUT2D eigenvalue weighted by Gasteiger charge is 2.35. The third kappa shape index (κ3) is 2.03. The van der Waals surface area contributed by atoms with Crippen molar-refractivity contribution in [2.75, 3.05) is 0 Å². The molecule has 4 nitrogen and oxygen atoms in total. The summed E-state index contributed by atoms with van der Waals surface area (Å²) in [6, 6.07) is 0. The molecule has 1 atom stereocenters. The van der Waals surface area contributed by atoms with Crippen LogP contribution in [0.15, 0.2) is 10.8 Å². The van der Waals surface area contributed by atoms with Crippen molar-refractivity contribution >= 4 is 5.97 Å². The predicted molar refractivity (Wildman–Crippen MR) is 53.6 cm³/mol. The zero-order valence-electron chi connectivity index (χ0n) is 8.99. The van der Waals surface area contributed by atoms with Crippen molar-refractivity contribution in [1.82, 2.24) is 5.16 Å². The van der Waals surface area contributed by atoms with Crippen LogP contribution >= 0.6 is 0 Å². The maximum Gasteiger partial charge on any atom is 0.304 e. The van der Waals surface area contributed by atoms with E-state index < -0.39 is 5.97 Å². The van der Waals surface area contributed by atoms with Gasteiger partial charge in [-0.25, -0.2) is 0 Å². The van der Waals surface area contributed by atoms with Crippen molar-refractivity contribution in [3.05, 3.63) is 17.5 Å². The number of hydrogen-bond donors (Lipinski definition) is 1. The number of aliphatic carboxylic acids is 1. The normalized spacial score (nSPS) is 23.5. The highest BCUT2D eigenvalue weighted by atomic mass is 16.5. The molecule has 0 fully saturated rings. The van der Waals surface area contributed by atoms with Crippen LogP contribution in [0.4, 0.5) is 0 Å². The van der Waals surface area contributed by atoms with E-state index in [0.717, 1.165) is 24.1 Å². The van der Waals surface area contributed by atoms with E-state index in [1.165, 1.54) is 0 Å². The summed E-state index contributed by atoms with van der Waals surface area (Å²) in [6.45, 7) is 4.30. The summed E-state index contributed by atoms with van der Waals surface area (Å²) in [4.78, 5) is 10.8. The van der Waals surface area contributed by atoms with Gasteiger partial charge in [-0.15, -0.1) is 0 Å². The van der Waals surface area contributed by atoms with Gasteiger partial charge in [-0.2, -0.15) is 0 Å². The molecule has 4 heteroatoms. The van der Waals surface area contributed by atoms with Crippen LogP contribution in [-0.4, -0.2) is 16.2 Å². The van der Waals surface area contributed by atoms with Gasteiger partial charge in [0.2, 0.25) is 0 Å². The molecule has 15 heavy (non-hydrogen) atoms. The molecule has 0 saturated carbocycles. The molecular weight excluding hydrogens is 194 g/mol. The molecule has 0 aliphatic heterocycles. The highest BCUT2D eigenvalue weighted by molar-refractivity contribution is 5.68. The van der Waals surface area contributed by atoms with Gasteiger partial charge < -0.3 is 9.63 Å². The number of rotatable bonds is 2. The van der Waals surface area contributed by atoms with E-state index in [4.69, 9.17) is 9.63 Å². The van der Waals surface area contributed by atoms with Crippen LogP contribution in [0.5, 0.6) is 0 Å². The van der Waals surface area contributed by atoms with Crippen LogP contribution in [0.25, 0.3) is 0 Å². The van der Waals surface area contributed by atoms with Crippen molar-refractivity contribution in [2.45, 2.75) is 39.0 Å². The maximum absolute atomic E-state index is 10.8. The Morgan fingerprint density at radius 3 is 3.13 bits per heavy atom. The van der Waals surface area contributed by atoms with Crippen molar-refractivity contribution < 1.29 is 14.4 Å². The van der Waals surface area contributed by atoms with Gasteiger partial charge in [-0.05, 0) is 18.3 Å². The monoisotopic (exact) mass is 209 g/mol. The Bertz CT molecular complexity index is 381. The second-order valence-electron chi connectivity index (χ2n) is 5.06. The van der Waals surface area contributed by atoms with Crippen LogP contribution in [0.3, 0.4) is 0 Å². The first-order valence-corrected chi connectivity index (χ1v) is 5.13. The molecular formula is C11H15NO3. The second kappa shape index (κ2) is 3.36. The standard InChI is InChI=1S/C11H15NO3/c1-11(2)4-7(3-9(13)14)10-8(5-11)6-15-12-10/h6-7H,3-5H2,1-2H3,(H,13,14). The Balaban J connectivity index is 2.29. The first-order valence-electron chi connectivity index (χ1n) is 5.13. The second-order valence-corrected chi connectivity index (χ2v) is 5.06. The summed E-state index contributed by atoms with van der Waals surface area (Å²) in [7, 11) is 0.